The van der Waals surface area contributed by atoms with E-state index in [1.165, 1.54) is 6.21 Å². The number of carbonyl (C=O) groups is 6. The van der Waals surface area contributed by atoms with Gasteiger partial charge in [-0.3, -0.25) is 43.9 Å². The molecule has 0 aliphatic carbocycles. The van der Waals surface area contributed by atoms with E-state index in [1.54, 1.807) is 43.4 Å². The van der Waals surface area contributed by atoms with Crippen molar-refractivity contribution in [2.45, 2.75) is 57.5 Å². The standard InChI is InChI=1S/C41H46N10O6/c1-43-29-10-8-25(19-26(29)21-42)38(54)46-27-9-11-30-32(20-27)48-34(47-30)23-50-18-15-24(22-50)14-17-45-35(52)7-2-3-16-44-31-6-4-5-28-37(31)41(57)51(40(28)56)33-12-13-36(53)49-39(33)55/h4-6,8-11,19-21,24,33,42-44H,2-3,7,12-18,22-23H2,1H3,(H,45,52)(H,46,54)(H,47,48)(H,49,53,55). The minimum atomic E-state index is -1.02. The lowest BCUT2D eigenvalue weighted by Crippen LogP contribution is -2.54. The van der Waals surface area contributed by atoms with Crippen LogP contribution in [0.25, 0.3) is 11.0 Å². The number of nitrogens with zero attached hydrogens (tertiary/aromatic N) is 3. The van der Waals surface area contributed by atoms with Crippen molar-refractivity contribution in [3.8, 4) is 0 Å². The molecule has 4 aromatic rings. The Bertz CT molecular complexity index is 2250. The molecule has 1 aromatic heterocycles. The van der Waals surface area contributed by atoms with Crippen LogP contribution in [-0.4, -0.2) is 101 Å². The first-order chi connectivity index (χ1) is 27.6. The van der Waals surface area contributed by atoms with Crippen LogP contribution in [0.15, 0.2) is 54.6 Å². The molecule has 2 fully saturated rings. The Hall–Kier alpha value is -6.42. The monoisotopic (exact) mass is 774 g/mol. The van der Waals surface area contributed by atoms with E-state index in [0.717, 1.165) is 53.4 Å². The van der Waals surface area contributed by atoms with Crippen molar-refractivity contribution in [2.24, 2.45) is 5.92 Å². The summed E-state index contributed by atoms with van der Waals surface area (Å²) >= 11 is 0. The number of aromatic nitrogens is 2. The molecule has 0 radical (unpaired) electrons. The molecule has 0 spiro atoms. The van der Waals surface area contributed by atoms with E-state index in [4.69, 9.17) is 10.4 Å². The quantitative estimate of drug-likeness (QED) is 0.0495. The number of aromatic amines is 1. The first-order valence-electron chi connectivity index (χ1n) is 19.3. The van der Waals surface area contributed by atoms with Crippen molar-refractivity contribution in [3.05, 3.63) is 82.7 Å². The highest BCUT2D eigenvalue weighted by Crippen LogP contribution is 2.32. The summed E-state index contributed by atoms with van der Waals surface area (Å²) in [5.41, 5.74) is 5.09. The Labute approximate surface area is 329 Å². The third-order valence-corrected chi connectivity index (χ3v) is 10.8. The molecule has 0 saturated carbocycles. The highest BCUT2D eigenvalue weighted by atomic mass is 16.2. The van der Waals surface area contributed by atoms with Crippen LogP contribution in [0.1, 0.15) is 87.4 Å². The third-order valence-electron chi connectivity index (χ3n) is 10.8. The summed E-state index contributed by atoms with van der Waals surface area (Å²) in [5.74, 6) is -1.13. The first kappa shape index (κ1) is 38.8. The number of carbonyl (C=O) groups excluding carboxylic acids is 6. The molecule has 57 heavy (non-hydrogen) atoms. The number of nitrogens with one attached hydrogen (secondary N) is 7. The molecule has 3 aliphatic heterocycles. The highest BCUT2D eigenvalue weighted by molar-refractivity contribution is 6.25. The smallest absolute Gasteiger partial charge is 0.264 e. The molecule has 296 valence electrons. The van der Waals surface area contributed by atoms with Crippen molar-refractivity contribution in [3.63, 3.8) is 0 Å². The Kier molecular flexibility index (Phi) is 11.7. The number of amides is 6. The van der Waals surface area contributed by atoms with Gasteiger partial charge in [-0.1, -0.05) is 6.07 Å². The van der Waals surface area contributed by atoms with Gasteiger partial charge in [-0.05, 0) is 93.1 Å². The van der Waals surface area contributed by atoms with Gasteiger partial charge in [0.1, 0.15) is 11.9 Å². The average Bonchev–Trinajstić information content (AvgIpc) is 3.89. The van der Waals surface area contributed by atoms with Gasteiger partial charge in [-0.25, -0.2) is 4.98 Å². The van der Waals surface area contributed by atoms with Gasteiger partial charge in [0.2, 0.25) is 17.7 Å². The molecule has 7 rings (SSSR count). The largest absolute Gasteiger partial charge is 0.388 e. The Balaban J connectivity index is 0.799. The van der Waals surface area contributed by atoms with E-state index in [1.807, 2.05) is 18.2 Å². The number of unbranched alkanes of at least 4 members (excludes halogenated alkanes) is 1. The van der Waals surface area contributed by atoms with Crippen LogP contribution in [0.4, 0.5) is 17.1 Å². The van der Waals surface area contributed by atoms with Gasteiger partial charge in [0, 0.05) is 73.9 Å². The van der Waals surface area contributed by atoms with Crippen LogP contribution in [0.3, 0.4) is 0 Å². The number of likely N-dealkylation sites (tertiary alicyclic amines) is 1. The van der Waals surface area contributed by atoms with Gasteiger partial charge in [-0.15, -0.1) is 0 Å². The second-order valence-electron chi connectivity index (χ2n) is 14.7. The summed E-state index contributed by atoms with van der Waals surface area (Å²) in [5, 5.41) is 22.1. The summed E-state index contributed by atoms with van der Waals surface area (Å²) in [4.78, 5) is 87.3. The molecular weight excluding hydrogens is 729 g/mol. The van der Waals surface area contributed by atoms with Crippen LogP contribution < -0.4 is 26.6 Å². The Morgan fingerprint density at radius 2 is 1.84 bits per heavy atom. The second kappa shape index (κ2) is 17.2. The van der Waals surface area contributed by atoms with E-state index in [9.17, 15) is 28.8 Å². The van der Waals surface area contributed by atoms with Gasteiger partial charge < -0.3 is 31.7 Å². The Morgan fingerprint density at radius 3 is 2.65 bits per heavy atom. The SMILES string of the molecule is CNc1ccc(C(=O)Nc2ccc3nc(CN4CCC(CCNC(=O)CCCCNc5cccc6c5C(=O)N(C5CCC(=O)NC5=O)C6=O)C4)[nH]c3c2)cc1C=N. The minimum Gasteiger partial charge on any atom is -0.388 e. The van der Waals surface area contributed by atoms with Crippen molar-refractivity contribution in [2.75, 3.05) is 49.2 Å². The zero-order valence-corrected chi connectivity index (χ0v) is 31.7. The van der Waals surface area contributed by atoms with Crippen molar-refractivity contribution in [1.82, 2.24) is 30.4 Å². The van der Waals surface area contributed by atoms with E-state index in [0.29, 0.717) is 67.3 Å². The lowest BCUT2D eigenvalue weighted by Gasteiger charge is -2.27. The lowest BCUT2D eigenvalue weighted by molar-refractivity contribution is -0.136. The number of H-pyrrole nitrogens is 1. The summed E-state index contributed by atoms with van der Waals surface area (Å²) in [6.07, 6.45) is 4.98. The molecule has 16 heteroatoms. The summed E-state index contributed by atoms with van der Waals surface area (Å²) < 4.78 is 0. The minimum absolute atomic E-state index is 0.00763. The van der Waals surface area contributed by atoms with Crippen LogP contribution in [0, 0.1) is 11.3 Å². The van der Waals surface area contributed by atoms with Gasteiger partial charge in [-0.2, -0.15) is 0 Å². The molecule has 2 unspecified atom stereocenters. The van der Waals surface area contributed by atoms with Gasteiger partial charge >= 0.3 is 0 Å². The maximum atomic E-state index is 13.3. The third kappa shape index (κ3) is 8.70. The van der Waals surface area contributed by atoms with Gasteiger partial charge in [0.05, 0.1) is 28.7 Å². The molecular formula is C41H46N10O6. The second-order valence-corrected chi connectivity index (χ2v) is 14.7. The number of hydrogen-bond donors (Lipinski definition) is 7. The molecule has 2 saturated heterocycles. The first-order valence-corrected chi connectivity index (χ1v) is 19.3. The zero-order chi connectivity index (χ0) is 40.1. The molecule has 7 N–H and O–H groups in total. The number of imidazole rings is 1. The highest BCUT2D eigenvalue weighted by Gasteiger charge is 2.45. The molecule has 3 aromatic carbocycles. The fraction of sp³-hybridized carbons (Fsp3) is 0.366. The number of piperidine rings is 1. The van der Waals surface area contributed by atoms with Crippen LogP contribution in [-0.2, 0) is 20.9 Å². The van der Waals surface area contributed by atoms with Crippen LogP contribution in [0.2, 0.25) is 0 Å². The fourth-order valence-electron chi connectivity index (χ4n) is 7.77. The van der Waals surface area contributed by atoms with E-state index in [2.05, 4.69) is 36.5 Å². The average molecular weight is 775 g/mol. The maximum absolute atomic E-state index is 13.3. The van der Waals surface area contributed by atoms with Gasteiger partial charge in [0.25, 0.3) is 17.7 Å². The number of hydrogen-bond acceptors (Lipinski definition) is 11. The van der Waals surface area contributed by atoms with Crippen molar-refractivity contribution in [1.29, 1.82) is 5.41 Å². The summed E-state index contributed by atoms with van der Waals surface area (Å²) in [7, 11) is 1.77. The van der Waals surface area contributed by atoms with E-state index < -0.39 is 29.7 Å². The number of benzene rings is 3. The number of rotatable bonds is 16. The summed E-state index contributed by atoms with van der Waals surface area (Å²) in [6.45, 7) is 3.61. The number of fused-ring (bicyclic) bond motifs is 2. The van der Waals surface area contributed by atoms with Crippen LogP contribution in [0.5, 0.6) is 0 Å². The predicted molar refractivity (Wildman–Crippen MR) is 214 cm³/mol. The van der Waals surface area contributed by atoms with Crippen molar-refractivity contribution < 1.29 is 28.8 Å². The topological polar surface area (TPSA) is 222 Å². The predicted octanol–water partition coefficient (Wildman–Crippen LogP) is 3.87. The molecule has 2 atom stereocenters. The maximum Gasteiger partial charge on any atom is 0.264 e. The van der Waals surface area contributed by atoms with E-state index >= 15 is 0 Å². The zero-order valence-electron chi connectivity index (χ0n) is 31.7. The Morgan fingerprint density at radius 1 is 0.982 bits per heavy atom. The number of anilines is 3. The normalized spacial score (nSPS) is 18.1. The fourth-order valence-corrected chi connectivity index (χ4v) is 7.77. The lowest BCUT2D eigenvalue weighted by atomic mass is 10.0. The van der Waals surface area contributed by atoms with Crippen molar-refractivity contribution >= 4 is 69.8 Å². The van der Waals surface area contributed by atoms with Crippen LogP contribution >= 0.6 is 0 Å². The molecule has 0 bridgehead atoms. The van der Waals surface area contributed by atoms with E-state index in [-0.39, 0.29) is 35.8 Å². The van der Waals surface area contributed by atoms with Gasteiger partial charge in [0.15, 0.2) is 0 Å². The summed E-state index contributed by atoms with van der Waals surface area (Å²) in [6, 6.07) is 14.7. The molecule has 4 heterocycles. The molecule has 16 nitrogen and oxygen atoms in total. The molecule has 3 aliphatic rings. The molecule has 6 amide bonds. The number of imide groups is 2.